The van der Waals surface area contributed by atoms with E-state index < -0.39 is 72.3 Å². The lowest BCUT2D eigenvalue weighted by Gasteiger charge is -2.48. The minimum atomic E-state index is -4.65. The normalized spacial score (nSPS) is 27.4. The number of unbranched alkanes of at least 4 members (excludes halogenated alkanes) is 4. The Morgan fingerprint density at radius 2 is 1.75 bits per heavy atom. The highest BCUT2D eigenvalue weighted by atomic mass is 19.4. The second kappa shape index (κ2) is 17.7. The molecule has 53 heavy (non-hydrogen) atoms. The lowest BCUT2D eigenvalue weighted by atomic mass is 9.62. The van der Waals surface area contributed by atoms with E-state index >= 15 is 0 Å². The van der Waals surface area contributed by atoms with Crippen molar-refractivity contribution in [3.63, 3.8) is 0 Å². The molecule has 6 unspecified atom stereocenters. The van der Waals surface area contributed by atoms with Crippen LogP contribution in [0.2, 0.25) is 0 Å². The Morgan fingerprint density at radius 3 is 2.43 bits per heavy atom. The molecule has 1 saturated carbocycles. The summed E-state index contributed by atoms with van der Waals surface area (Å²) in [6, 6.07) is 5.52. The molecule has 0 aromatic heterocycles. The van der Waals surface area contributed by atoms with Crippen LogP contribution in [0, 0.1) is 5.41 Å². The monoisotopic (exact) mass is 753 g/mol. The van der Waals surface area contributed by atoms with Crippen molar-refractivity contribution < 1.29 is 61.2 Å². The van der Waals surface area contributed by atoms with Crippen LogP contribution in [0.25, 0.3) is 6.08 Å². The van der Waals surface area contributed by atoms with Crippen LogP contribution < -0.4 is 10.6 Å². The molecule has 294 valence electrons. The third-order valence-corrected chi connectivity index (χ3v) is 10.1. The van der Waals surface area contributed by atoms with Crippen LogP contribution in [0.15, 0.2) is 30.3 Å². The molecule has 2 bridgehead atoms. The summed E-state index contributed by atoms with van der Waals surface area (Å²) in [6.07, 6.45) is 1.37. The van der Waals surface area contributed by atoms with Crippen LogP contribution in [-0.4, -0.2) is 103 Å². The summed E-state index contributed by atoms with van der Waals surface area (Å²) in [5.74, 6) is -3.62. The van der Waals surface area contributed by atoms with Gasteiger partial charge in [0, 0.05) is 44.8 Å². The molecule has 0 spiro atoms. The molecule has 1 aliphatic carbocycles. The largest absolute Gasteiger partial charge is 0.458 e. The molecule has 16 heteroatoms. The standard InChI is InChI=1S/C37H50F3N3O10/c1-3-5-7-15-35(16-8-6-4-2)51-29-26-21-36(34(48)42-17-14-27(45)41-18-19-44)31(33(47)50-26)43(53-32(36)30(29)52-35)22-25-11-9-10-24(20-25)12-13-28(46)49-23-37(38,39)40/h9-13,20,26,29-32,44H,3-8,14-19,21-23H2,1-2H3,(H,41,45)(H,42,48). The van der Waals surface area contributed by atoms with E-state index in [9.17, 15) is 32.3 Å². The minimum Gasteiger partial charge on any atom is -0.458 e. The molecule has 13 nitrogen and oxygen atoms in total. The molecule has 5 rings (SSSR count). The topological polar surface area (TPSA) is 162 Å². The quantitative estimate of drug-likeness (QED) is 0.107. The second-order valence-electron chi connectivity index (χ2n) is 14.1. The van der Waals surface area contributed by atoms with Crippen LogP contribution >= 0.6 is 0 Å². The van der Waals surface area contributed by atoms with Gasteiger partial charge in [0.15, 0.2) is 18.4 Å². The fraction of sp³-hybridized carbons (Fsp3) is 0.676. The zero-order chi connectivity index (χ0) is 38.2. The third kappa shape index (κ3) is 9.57. The van der Waals surface area contributed by atoms with Crippen molar-refractivity contribution in [3.05, 3.63) is 41.5 Å². The highest BCUT2D eigenvalue weighted by Crippen LogP contribution is 2.58. The van der Waals surface area contributed by atoms with E-state index in [0.29, 0.717) is 24.0 Å². The van der Waals surface area contributed by atoms with Gasteiger partial charge in [-0.1, -0.05) is 63.8 Å². The van der Waals surface area contributed by atoms with E-state index in [-0.39, 0.29) is 45.0 Å². The zero-order valence-corrected chi connectivity index (χ0v) is 30.2. The zero-order valence-electron chi connectivity index (χ0n) is 30.2. The fourth-order valence-electron chi connectivity index (χ4n) is 7.78. The molecule has 4 aliphatic rings. The number of carbonyl (C=O) groups excluding carboxylic acids is 4. The Balaban J connectivity index is 1.42. The maximum absolute atomic E-state index is 14.4. The number of nitrogens with one attached hydrogen (secondary N) is 2. The van der Waals surface area contributed by atoms with E-state index in [4.69, 9.17) is 24.2 Å². The molecule has 1 aromatic rings. The van der Waals surface area contributed by atoms with Gasteiger partial charge in [-0.25, -0.2) is 4.79 Å². The molecule has 3 N–H and O–H groups in total. The number of alkyl halides is 3. The summed E-state index contributed by atoms with van der Waals surface area (Å²) < 4.78 is 61.3. The first-order valence-electron chi connectivity index (χ1n) is 18.5. The van der Waals surface area contributed by atoms with E-state index in [2.05, 4.69) is 29.2 Å². The molecule has 2 amide bonds. The van der Waals surface area contributed by atoms with Gasteiger partial charge >= 0.3 is 18.1 Å². The van der Waals surface area contributed by atoms with Crippen molar-refractivity contribution in [2.24, 2.45) is 5.41 Å². The van der Waals surface area contributed by atoms with Gasteiger partial charge in [-0.2, -0.15) is 18.2 Å². The number of ether oxygens (including phenoxy) is 4. The summed E-state index contributed by atoms with van der Waals surface area (Å²) >= 11 is 0. The molecular formula is C37H50F3N3O10. The average molecular weight is 754 g/mol. The van der Waals surface area contributed by atoms with Crippen molar-refractivity contribution in [2.75, 3.05) is 26.3 Å². The summed E-state index contributed by atoms with van der Waals surface area (Å²) in [7, 11) is 0. The number of benzene rings is 1. The number of amides is 2. The van der Waals surface area contributed by atoms with Gasteiger partial charge in [0.1, 0.15) is 29.8 Å². The average Bonchev–Trinajstić information content (AvgIpc) is 3.67. The molecule has 3 saturated heterocycles. The molecule has 1 aromatic carbocycles. The minimum absolute atomic E-state index is 0.00385. The molecule has 0 radical (unpaired) electrons. The van der Waals surface area contributed by atoms with Crippen LogP contribution in [0.1, 0.15) is 89.2 Å². The Morgan fingerprint density at radius 1 is 1.04 bits per heavy atom. The first kappa shape index (κ1) is 40.6. The molecule has 3 heterocycles. The van der Waals surface area contributed by atoms with Crippen LogP contribution in [0.5, 0.6) is 0 Å². The number of hydroxylamine groups is 2. The smallest absolute Gasteiger partial charge is 0.422 e. The maximum Gasteiger partial charge on any atom is 0.422 e. The highest BCUT2D eigenvalue weighted by molar-refractivity contribution is 5.94. The molecule has 3 aliphatic heterocycles. The number of rotatable bonds is 19. The fourth-order valence-corrected chi connectivity index (χ4v) is 7.78. The Hall–Kier alpha value is -3.57. The number of aliphatic hydroxyl groups is 1. The van der Waals surface area contributed by atoms with Crippen molar-refractivity contribution >= 4 is 29.8 Å². The predicted octanol–water partition coefficient (Wildman–Crippen LogP) is 3.86. The van der Waals surface area contributed by atoms with Gasteiger partial charge in [-0.15, -0.1) is 0 Å². The second-order valence-corrected chi connectivity index (χ2v) is 14.1. The van der Waals surface area contributed by atoms with Gasteiger partial charge in [0.25, 0.3) is 0 Å². The lowest BCUT2D eigenvalue weighted by molar-refractivity contribution is -0.224. The van der Waals surface area contributed by atoms with Gasteiger partial charge in [0.2, 0.25) is 11.8 Å². The van der Waals surface area contributed by atoms with Crippen LogP contribution in [0.3, 0.4) is 0 Å². The molecule has 4 fully saturated rings. The molecular weight excluding hydrogens is 703 g/mol. The van der Waals surface area contributed by atoms with Gasteiger partial charge in [-0.05, 0) is 30.0 Å². The summed E-state index contributed by atoms with van der Waals surface area (Å²) in [4.78, 5) is 59.1. The number of carbonyl (C=O) groups is 4. The van der Waals surface area contributed by atoms with Crippen molar-refractivity contribution in [3.8, 4) is 0 Å². The summed E-state index contributed by atoms with van der Waals surface area (Å²) in [6.45, 7) is 2.34. The first-order chi connectivity index (χ1) is 25.3. The van der Waals surface area contributed by atoms with Crippen LogP contribution in [-0.2, 0) is 49.5 Å². The first-order valence-corrected chi connectivity index (χ1v) is 18.5. The molecule has 6 atom stereocenters. The number of hydrogen-bond acceptors (Lipinski definition) is 11. The lowest BCUT2D eigenvalue weighted by Crippen LogP contribution is -2.69. The Kier molecular flexibility index (Phi) is 13.6. The number of esters is 2. The number of hydrogen-bond donors (Lipinski definition) is 3. The van der Waals surface area contributed by atoms with Crippen molar-refractivity contribution in [1.82, 2.24) is 15.7 Å². The van der Waals surface area contributed by atoms with E-state index in [1.807, 2.05) is 0 Å². The van der Waals surface area contributed by atoms with Crippen molar-refractivity contribution in [1.29, 1.82) is 0 Å². The van der Waals surface area contributed by atoms with Gasteiger partial charge in [0.05, 0.1) is 13.2 Å². The Bertz CT molecular complexity index is 1480. The van der Waals surface area contributed by atoms with E-state index in [1.165, 1.54) is 11.1 Å². The Labute approximate surface area is 306 Å². The van der Waals surface area contributed by atoms with Gasteiger partial charge in [-0.3, -0.25) is 19.2 Å². The van der Waals surface area contributed by atoms with E-state index in [0.717, 1.165) is 44.6 Å². The van der Waals surface area contributed by atoms with E-state index in [1.54, 1.807) is 24.3 Å². The number of aliphatic hydroxyl groups excluding tert-OH is 1. The predicted molar refractivity (Wildman–Crippen MR) is 182 cm³/mol. The summed E-state index contributed by atoms with van der Waals surface area (Å²) in [5, 5.41) is 15.9. The highest BCUT2D eigenvalue weighted by Gasteiger charge is 2.76. The third-order valence-electron chi connectivity index (χ3n) is 10.1. The number of fused-ring (bicyclic) bond motifs is 4. The van der Waals surface area contributed by atoms with Gasteiger partial charge < -0.3 is 34.7 Å². The maximum atomic E-state index is 14.4. The summed E-state index contributed by atoms with van der Waals surface area (Å²) in [5.41, 5.74) is -0.388. The number of halogens is 3. The van der Waals surface area contributed by atoms with Crippen molar-refractivity contribution in [2.45, 2.75) is 127 Å². The van der Waals surface area contributed by atoms with Crippen LogP contribution in [0.4, 0.5) is 13.2 Å². The number of nitrogens with zero attached hydrogens (tertiary/aromatic N) is 1. The SMILES string of the molecule is CCCCCC1(CCCCC)OC2C3CC4(C(=O)NCCC(=O)NCCO)C(ON(Cc5cccc(C=CC(=O)OCC(F)(F)F)c5)C4C(=O)O3)C2O1.